The summed E-state index contributed by atoms with van der Waals surface area (Å²) in [5, 5.41) is 0.805. The first kappa shape index (κ1) is 9.35. The van der Waals surface area contributed by atoms with E-state index in [4.69, 9.17) is 0 Å². The van der Waals surface area contributed by atoms with Gasteiger partial charge in [-0.15, -0.1) is 0 Å². The van der Waals surface area contributed by atoms with Crippen LogP contribution in [0.25, 0.3) is 0 Å². The first-order valence-electron chi connectivity index (χ1n) is 3.78. The molecule has 0 bridgehead atoms. The summed E-state index contributed by atoms with van der Waals surface area (Å²) in [7, 11) is 0. The zero-order valence-corrected chi connectivity index (χ0v) is 7.79. The van der Waals surface area contributed by atoms with Crippen molar-refractivity contribution in [3.63, 3.8) is 0 Å². The smallest absolute Gasteiger partial charge is 0.000958 e. The van der Waals surface area contributed by atoms with Crippen molar-refractivity contribution in [3.05, 3.63) is 0 Å². The molecule has 0 aromatic heterocycles. The summed E-state index contributed by atoms with van der Waals surface area (Å²) in [6, 6.07) is 0. The molecule has 0 aliphatic carbocycles. The Morgan fingerprint density at radius 3 is 2.11 bits per heavy atom. The number of thioether (sulfide) groups is 1. The lowest BCUT2D eigenvalue weighted by Crippen LogP contribution is -1.99. The maximum atomic E-state index is 2.31. The second-order valence-electron chi connectivity index (χ2n) is 2.90. The van der Waals surface area contributed by atoms with Gasteiger partial charge in [0.2, 0.25) is 0 Å². The van der Waals surface area contributed by atoms with Crippen LogP contribution in [-0.4, -0.2) is 11.0 Å². The first-order chi connectivity index (χ1) is 4.16. The molecule has 0 unspecified atom stereocenters. The molecule has 9 heavy (non-hydrogen) atoms. The van der Waals surface area contributed by atoms with Crippen LogP contribution in [0.1, 0.15) is 34.1 Å². The van der Waals surface area contributed by atoms with E-state index < -0.39 is 0 Å². The third kappa shape index (κ3) is 6.23. The predicted octanol–water partition coefficient (Wildman–Crippen LogP) is 3.17. The Hall–Kier alpha value is 0.350. The van der Waals surface area contributed by atoms with Gasteiger partial charge in [0.1, 0.15) is 0 Å². The van der Waals surface area contributed by atoms with Gasteiger partial charge in [-0.05, 0) is 16.9 Å². The Kier molecular flexibility index (Phi) is 5.36. The quantitative estimate of drug-likeness (QED) is 0.587. The third-order valence-corrected chi connectivity index (χ3v) is 2.84. The fourth-order valence-corrected chi connectivity index (χ4v) is 1.42. The fourth-order valence-electron chi connectivity index (χ4n) is 0.475. The lowest BCUT2D eigenvalue weighted by atomic mass is 10.2. The highest BCUT2D eigenvalue weighted by atomic mass is 32.2. The summed E-state index contributed by atoms with van der Waals surface area (Å²) in [5.41, 5.74) is 0. The zero-order valence-electron chi connectivity index (χ0n) is 6.98. The van der Waals surface area contributed by atoms with Crippen molar-refractivity contribution in [3.8, 4) is 0 Å². The average molecular weight is 146 g/mol. The maximum absolute atomic E-state index is 2.31. The number of rotatable bonds is 4. The van der Waals surface area contributed by atoms with Gasteiger partial charge in [-0.3, -0.25) is 0 Å². The van der Waals surface area contributed by atoms with Crippen LogP contribution in [0.15, 0.2) is 0 Å². The minimum absolute atomic E-state index is 0.805. The molecule has 0 spiro atoms. The van der Waals surface area contributed by atoms with Gasteiger partial charge in [-0.2, -0.15) is 11.8 Å². The molecule has 56 valence electrons. The van der Waals surface area contributed by atoms with Crippen molar-refractivity contribution in [2.75, 3.05) is 5.75 Å². The summed E-state index contributed by atoms with van der Waals surface area (Å²) in [6.45, 7) is 9.08. The second kappa shape index (κ2) is 5.16. The molecular formula is C8H18S. The van der Waals surface area contributed by atoms with Crippen LogP contribution < -0.4 is 0 Å². The van der Waals surface area contributed by atoms with Gasteiger partial charge in [0.15, 0.2) is 0 Å². The normalized spacial score (nSPS) is 14.3. The van der Waals surface area contributed by atoms with Crippen molar-refractivity contribution in [2.24, 2.45) is 5.92 Å². The molecule has 0 aliphatic rings. The van der Waals surface area contributed by atoms with Crippen molar-refractivity contribution in [1.82, 2.24) is 0 Å². The molecule has 0 radical (unpaired) electrons. The van der Waals surface area contributed by atoms with Gasteiger partial charge < -0.3 is 0 Å². The van der Waals surface area contributed by atoms with Crippen molar-refractivity contribution in [2.45, 2.75) is 39.4 Å². The van der Waals surface area contributed by atoms with E-state index in [2.05, 4.69) is 39.5 Å². The van der Waals surface area contributed by atoms with Gasteiger partial charge in [-0.1, -0.05) is 34.1 Å². The summed E-state index contributed by atoms with van der Waals surface area (Å²) in [6.07, 6.45) is 1.32. The van der Waals surface area contributed by atoms with Gasteiger partial charge in [0.05, 0.1) is 0 Å². The van der Waals surface area contributed by atoms with Crippen LogP contribution in [0.4, 0.5) is 0 Å². The molecule has 0 aromatic rings. The molecule has 0 nitrogen and oxygen atoms in total. The van der Waals surface area contributed by atoms with E-state index in [9.17, 15) is 0 Å². The summed E-state index contributed by atoms with van der Waals surface area (Å²) in [4.78, 5) is 0. The third-order valence-electron chi connectivity index (χ3n) is 1.41. The number of hydrogen-bond donors (Lipinski definition) is 0. The van der Waals surface area contributed by atoms with Gasteiger partial charge in [0, 0.05) is 0 Å². The summed E-state index contributed by atoms with van der Waals surface area (Å²) in [5.74, 6) is 2.23. The lowest BCUT2D eigenvalue weighted by Gasteiger charge is -2.09. The highest BCUT2D eigenvalue weighted by Gasteiger charge is 1.99. The van der Waals surface area contributed by atoms with Crippen LogP contribution >= 0.6 is 11.8 Å². The molecule has 0 aromatic carbocycles. The molecular weight excluding hydrogens is 128 g/mol. The largest absolute Gasteiger partial charge is 0.159 e. The maximum Gasteiger partial charge on any atom is -0.000958 e. The Labute approximate surface area is 63.4 Å². The summed E-state index contributed by atoms with van der Waals surface area (Å²) >= 11 is 2.06. The zero-order chi connectivity index (χ0) is 7.28. The van der Waals surface area contributed by atoms with Crippen LogP contribution in [0.2, 0.25) is 0 Å². The molecule has 0 saturated heterocycles. The van der Waals surface area contributed by atoms with Crippen LogP contribution in [0.5, 0.6) is 0 Å². The predicted molar refractivity (Wildman–Crippen MR) is 47.0 cm³/mol. The molecule has 0 aliphatic heterocycles. The SMILES string of the molecule is CC[C@@H](C)CSC(C)C. The Morgan fingerprint density at radius 2 is 1.78 bits per heavy atom. The van der Waals surface area contributed by atoms with E-state index in [-0.39, 0.29) is 0 Å². The highest BCUT2D eigenvalue weighted by Crippen LogP contribution is 2.15. The van der Waals surface area contributed by atoms with Gasteiger partial charge in [0.25, 0.3) is 0 Å². The second-order valence-corrected chi connectivity index (χ2v) is 4.50. The van der Waals surface area contributed by atoms with E-state index in [1.165, 1.54) is 12.2 Å². The van der Waals surface area contributed by atoms with Crippen LogP contribution in [0.3, 0.4) is 0 Å². The molecule has 0 fully saturated rings. The van der Waals surface area contributed by atoms with Crippen molar-refractivity contribution >= 4 is 11.8 Å². The minimum Gasteiger partial charge on any atom is -0.159 e. The highest BCUT2D eigenvalue weighted by molar-refractivity contribution is 7.99. The molecule has 0 amide bonds. The van der Waals surface area contributed by atoms with Crippen LogP contribution in [0, 0.1) is 5.92 Å². The minimum atomic E-state index is 0.805. The Morgan fingerprint density at radius 1 is 1.22 bits per heavy atom. The molecule has 0 rings (SSSR count). The molecule has 0 N–H and O–H groups in total. The Bertz CT molecular complexity index is 59.6. The molecule has 1 heteroatoms. The molecule has 1 atom stereocenters. The van der Waals surface area contributed by atoms with E-state index in [1.54, 1.807) is 0 Å². The molecule has 0 heterocycles. The van der Waals surface area contributed by atoms with Gasteiger partial charge in [-0.25, -0.2) is 0 Å². The average Bonchev–Trinajstić information content (AvgIpc) is 1.83. The monoisotopic (exact) mass is 146 g/mol. The van der Waals surface area contributed by atoms with Crippen LogP contribution in [-0.2, 0) is 0 Å². The topological polar surface area (TPSA) is 0 Å². The van der Waals surface area contributed by atoms with Crippen molar-refractivity contribution < 1.29 is 0 Å². The fraction of sp³-hybridized carbons (Fsp3) is 1.00. The van der Waals surface area contributed by atoms with Crippen molar-refractivity contribution in [1.29, 1.82) is 0 Å². The summed E-state index contributed by atoms with van der Waals surface area (Å²) < 4.78 is 0. The molecule has 0 saturated carbocycles. The van der Waals surface area contributed by atoms with E-state index in [1.807, 2.05) is 0 Å². The van der Waals surface area contributed by atoms with E-state index in [0.717, 1.165) is 11.2 Å². The number of hydrogen-bond acceptors (Lipinski definition) is 1. The standard InChI is InChI=1S/C8H18S/c1-5-8(4)6-9-7(2)3/h7-8H,5-6H2,1-4H3/t8-/m1/s1. The van der Waals surface area contributed by atoms with E-state index in [0.29, 0.717) is 0 Å². The van der Waals surface area contributed by atoms with E-state index >= 15 is 0 Å². The van der Waals surface area contributed by atoms with Gasteiger partial charge >= 0.3 is 0 Å². The first-order valence-corrected chi connectivity index (χ1v) is 4.83. The Balaban J connectivity index is 3.06. The lowest BCUT2D eigenvalue weighted by molar-refractivity contribution is 0.636.